The molecule has 2 heterocycles. The van der Waals surface area contributed by atoms with Crippen LogP contribution in [0.15, 0.2) is 12.2 Å². The maximum atomic E-state index is 10.1. The van der Waals surface area contributed by atoms with E-state index in [1.54, 1.807) is 6.08 Å². The Morgan fingerprint density at radius 1 is 0.722 bits per heavy atom. The highest BCUT2D eigenvalue weighted by molar-refractivity contribution is 5.79. The molecule has 0 saturated carbocycles. The van der Waals surface area contributed by atoms with Crippen LogP contribution >= 0.6 is 0 Å². The summed E-state index contributed by atoms with van der Waals surface area (Å²) in [5.41, 5.74) is 0. The highest BCUT2D eigenvalue weighted by atomic mass is 16.8. The van der Waals surface area contributed by atoms with Crippen LogP contribution in [0, 0.1) is 0 Å². The van der Waals surface area contributed by atoms with E-state index in [2.05, 4.69) is 6.92 Å². The van der Waals surface area contributed by atoms with Crippen molar-refractivity contribution in [1.29, 1.82) is 0 Å². The standard InChI is InChI=1S/C12H22O11.C11H20O2/c13-1-3-5(15)7(17)9(19)11(21-3)23-12-10(20)8(18)6(16)4(2-14)22-12;1-2-3-4-5-6-7-8-9-10-11(12)13/h3-20H,1-2H2;9-10H,2-8H2,1H3,(H,12,13)/t3-,4-,5-,6-,7+,8+,9-,10-,11-,12-;/m1./s1. The lowest BCUT2D eigenvalue weighted by Gasteiger charge is -2.44. The van der Waals surface area contributed by atoms with Gasteiger partial charge in [0.25, 0.3) is 0 Å². The number of hydrogen-bond acceptors (Lipinski definition) is 12. The first-order valence-electron chi connectivity index (χ1n) is 12.2. The number of ether oxygens (including phenoxy) is 3. The lowest BCUT2D eigenvalue weighted by Crippen LogP contribution is -2.63. The Labute approximate surface area is 210 Å². The van der Waals surface area contributed by atoms with E-state index in [0.29, 0.717) is 0 Å². The number of carboxylic acid groups (broad SMARTS) is 1. The summed E-state index contributed by atoms with van der Waals surface area (Å²) < 4.78 is 15.3. The third-order valence-corrected chi connectivity index (χ3v) is 5.95. The molecule has 2 aliphatic heterocycles. The van der Waals surface area contributed by atoms with Crippen molar-refractivity contribution >= 4 is 5.97 Å². The van der Waals surface area contributed by atoms with Crippen molar-refractivity contribution in [3.8, 4) is 0 Å². The summed E-state index contributed by atoms with van der Waals surface area (Å²) in [5, 5.41) is 84.7. The molecule has 10 atom stereocenters. The quantitative estimate of drug-likeness (QED) is 0.0989. The van der Waals surface area contributed by atoms with Crippen molar-refractivity contribution in [3.63, 3.8) is 0 Å². The van der Waals surface area contributed by atoms with Crippen molar-refractivity contribution in [2.75, 3.05) is 13.2 Å². The van der Waals surface area contributed by atoms with Gasteiger partial charge >= 0.3 is 5.97 Å². The van der Waals surface area contributed by atoms with Crippen molar-refractivity contribution in [2.45, 2.75) is 113 Å². The fraction of sp³-hybridized carbons (Fsp3) is 0.870. The Balaban J connectivity index is 0.000000426. The predicted octanol–water partition coefficient (Wildman–Crippen LogP) is -2.02. The number of rotatable bonds is 12. The third kappa shape index (κ3) is 10.3. The number of unbranched alkanes of at least 4 members (excludes halogenated alkanes) is 6. The van der Waals surface area contributed by atoms with Gasteiger partial charge in [-0.2, -0.15) is 0 Å². The van der Waals surface area contributed by atoms with Crippen LogP contribution in [0.5, 0.6) is 0 Å². The van der Waals surface area contributed by atoms with Gasteiger partial charge in [0, 0.05) is 6.08 Å². The molecule has 0 unspecified atom stereocenters. The number of aliphatic hydroxyl groups is 8. The molecule has 2 saturated heterocycles. The Bertz CT molecular complexity index is 595. The van der Waals surface area contributed by atoms with E-state index in [9.17, 15) is 35.4 Å². The zero-order valence-electron chi connectivity index (χ0n) is 20.5. The maximum absolute atomic E-state index is 10.1. The molecule has 0 bridgehead atoms. The average molecular weight is 527 g/mol. The molecule has 0 aliphatic carbocycles. The minimum Gasteiger partial charge on any atom is -0.478 e. The molecule has 2 rings (SSSR count). The molecular weight excluding hydrogens is 484 g/mol. The zero-order valence-corrected chi connectivity index (χ0v) is 20.5. The summed E-state index contributed by atoms with van der Waals surface area (Å²) in [6.45, 7) is 0.870. The van der Waals surface area contributed by atoms with Crippen LogP contribution in [0.1, 0.15) is 51.9 Å². The molecule has 2 aliphatic rings. The molecule has 0 spiro atoms. The van der Waals surface area contributed by atoms with Crippen LogP contribution in [0.2, 0.25) is 0 Å². The van der Waals surface area contributed by atoms with E-state index in [1.807, 2.05) is 0 Å². The molecule has 0 amide bonds. The van der Waals surface area contributed by atoms with Gasteiger partial charge in [-0.25, -0.2) is 4.79 Å². The molecule has 2 fully saturated rings. The number of aliphatic carboxylic acids is 1. The minimum absolute atomic E-state index is 0.667. The predicted molar refractivity (Wildman–Crippen MR) is 123 cm³/mol. The Morgan fingerprint density at radius 3 is 1.58 bits per heavy atom. The van der Waals surface area contributed by atoms with Crippen LogP contribution in [0.4, 0.5) is 0 Å². The van der Waals surface area contributed by atoms with Gasteiger partial charge in [0.1, 0.15) is 48.8 Å². The highest BCUT2D eigenvalue weighted by Crippen LogP contribution is 2.27. The average Bonchev–Trinajstić information content (AvgIpc) is 2.86. The molecule has 0 radical (unpaired) electrons. The van der Waals surface area contributed by atoms with E-state index in [-0.39, 0.29) is 0 Å². The molecule has 13 heteroatoms. The van der Waals surface area contributed by atoms with Crippen molar-refractivity contribution in [3.05, 3.63) is 12.2 Å². The van der Waals surface area contributed by atoms with Crippen LogP contribution in [-0.4, -0.2) is 127 Å². The molecular formula is C23H42O13. The zero-order chi connectivity index (χ0) is 27.3. The van der Waals surface area contributed by atoms with E-state index < -0.39 is 80.6 Å². The molecule has 0 aromatic heterocycles. The Kier molecular flexibility index (Phi) is 15.8. The molecule has 0 aromatic rings. The van der Waals surface area contributed by atoms with Crippen LogP contribution in [0.25, 0.3) is 0 Å². The van der Waals surface area contributed by atoms with Crippen LogP contribution < -0.4 is 0 Å². The lowest BCUT2D eigenvalue weighted by atomic mass is 9.98. The summed E-state index contributed by atoms with van der Waals surface area (Å²) >= 11 is 0. The molecule has 36 heavy (non-hydrogen) atoms. The third-order valence-electron chi connectivity index (χ3n) is 5.95. The maximum Gasteiger partial charge on any atom is 0.327 e. The summed E-state index contributed by atoms with van der Waals surface area (Å²) in [6.07, 6.45) is -4.17. The number of aliphatic hydroxyl groups excluding tert-OH is 8. The number of carbonyl (C=O) groups is 1. The minimum atomic E-state index is -1.72. The van der Waals surface area contributed by atoms with E-state index in [0.717, 1.165) is 12.8 Å². The topological polar surface area (TPSA) is 227 Å². The summed E-state index contributed by atoms with van der Waals surface area (Å²) in [6, 6.07) is 0. The highest BCUT2D eigenvalue weighted by Gasteiger charge is 2.49. The second-order valence-corrected chi connectivity index (χ2v) is 8.83. The van der Waals surface area contributed by atoms with Gasteiger partial charge < -0.3 is 60.2 Å². The number of hydrogen-bond donors (Lipinski definition) is 9. The monoisotopic (exact) mass is 526 g/mol. The smallest absolute Gasteiger partial charge is 0.327 e. The Hall–Kier alpha value is -1.23. The fourth-order valence-electron chi connectivity index (χ4n) is 3.72. The van der Waals surface area contributed by atoms with Gasteiger partial charge in [-0.05, 0) is 12.8 Å². The van der Waals surface area contributed by atoms with Gasteiger partial charge in [-0.3, -0.25) is 0 Å². The SMILES string of the molecule is CCCCCCCCC=CC(=O)O.OC[C@H]1O[C@H](O[C@H]2O[C@H](CO)[C@@H](O)[C@H](O)[C@H]2O)[C@H](O)[C@@H](O)[C@@H]1O. The van der Waals surface area contributed by atoms with E-state index >= 15 is 0 Å². The fourth-order valence-corrected chi connectivity index (χ4v) is 3.72. The van der Waals surface area contributed by atoms with Gasteiger partial charge in [0.2, 0.25) is 0 Å². The first kappa shape index (κ1) is 32.8. The molecule has 0 aromatic carbocycles. The number of allylic oxidation sites excluding steroid dienone is 1. The molecule has 9 N–H and O–H groups in total. The normalized spacial score (nSPS) is 36.9. The van der Waals surface area contributed by atoms with E-state index in [1.165, 1.54) is 38.2 Å². The first-order valence-corrected chi connectivity index (χ1v) is 12.2. The summed E-state index contributed by atoms with van der Waals surface area (Å²) in [4.78, 5) is 10.1. The van der Waals surface area contributed by atoms with Crippen molar-refractivity contribution in [1.82, 2.24) is 0 Å². The summed E-state index contributed by atoms with van der Waals surface area (Å²) in [5.74, 6) is -0.842. The van der Waals surface area contributed by atoms with E-state index in [4.69, 9.17) is 29.5 Å². The summed E-state index contributed by atoms with van der Waals surface area (Å²) in [7, 11) is 0. The van der Waals surface area contributed by atoms with Gasteiger partial charge in [0.05, 0.1) is 13.2 Å². The van der Waals surface area contributed by atoms with Crippen molar-refractivity contribution < 1.29 is 65.0 Å². The lowest BCUT2D eigenvalue weighted by molar-refractivity contribution is -0.376. The Morgan fingerprint density at radius 2 is 1.17 bits per heavy atom. The molecule has 212 valence electrons. The number of carboxylic acids is 1. The van der Waals surface area contributed by atoms with Gasteiger partial charge in [-0.15, -0.1) is 0 Å². The second-order valence-electron chi connectivity index (χ2n) is 8.83. The first-order chi connectivity index (χ1) is 17.1. The second kappa shape index (κ2) is 17.3. The van der Waals surface area contributed by atoms with Crippen LogP contribution in [0.3, 0.4) is 0 Å². The molecule has 13 nitrogen and oxygen atoms in total. The van der Waals surface area contributed by atoms with Gasteiger partial charge in [-0.1, -0.05) is 45.1 Å². The van der Waals surface area contributed by atoms with Gasteiger partial charge in [0.15, 0.2) is 12.6 Å². The van der Waals surface area contributed by atoms with Crippen molar-refractivity contribution in [2.24, 2.45) is 0 Å². The largest absolute Gasteiger partial charge is 0.478 e. The van der Waals surface area contributed by atoms with Crippen LogP contribution in [-0.2, 0) is 19.0 Å².